The molecule has 3 saturated carbocycles. The maximum absolute atomic E-state index is 10.7. The number of fused-ring (bicyclic) bond motifs is 5. The molecule has 0 saturated heterocycles. The summed E-state index contributed by atoms with van der Waals surface area (Å²) in [4.78, 5) is 0. The highest BCUT2D eigenvalue weighted by atomic mass is 28.4. The molecule has 0 amide bonds. The first-order chi connectivity index (χ1) is 13.3. The van der Waals surface area contributed by atoms with Crippen molar-refractivity contribution in [2.45, 2.75) is 117 Å². The fraction of sp³-hybridized carbons (Fsp3) is 0.923. The van der Waals surface area contributed by atoms with Crippen LogP contribution in [0.5, 0.6) is 0 Å². The van der Waals surface area contributed by atoms with Crippen molar-refractivity contribution in [3.63, 3.8) is 0 Å². The van der Waals surface area contributed by atoms with E-state index in [-0.39, 0.29) is 16.6 Å². The summed E-state index contributed by atoms with van der Waals surface area (Å²) in [5.41, 5.74) is 2.24. The van der Waals surface area contributed by atoms with Crippen LogP contribution in [-0.2, 0) is 4.43 Å². The summed E-state index contributed by atoms with van der Waals surface area (Å²) in [5.74, 6) is 2.92. The van der Waals surface area contributed by atoms with Gasteiger partial charge in [0.1, 0.15) is 0 Å². The molecule has 0 bridgehead atoms. The van der Waals surface area contributed by atoms with Crippen LogP contribution in [0, 0.1) is 34.5 Å². The van der Waals surface area contributed by atoms with Crippen molar-refractivity contribution in [2.75, 3.05) is 0 Å². The van der Waals surface area contributed by atoms with E-state index in [0.29, 0.717) is 23.4 Å². The van der Waals surface area contributed by atoms with Crippen LogP contribution in [-0.4, -0.2) is 25.6 Å². The van der Waals surface area contributed by atoms with Gasteiger partial charge < -0.3 is 9.53 Å². The summed E-state index contributed by atoms with van der Waals surface area (Å²) in [6.45, 7) is 19.3. The minimum atomic E-state index is -1.71. The summed E-state index contributed by atoms with van der Waals surface area (Å²) < 4.78 is 6.87. The van der Waals surface area contributed by atoms with Crippen LogP contribution < -0.4 is 0 Å². The number of allylic oxidation sites excluding steroid dienone is 1. The number of aliphatic hydroxyl groups is 1. The lowest BCUT2D eigenvalue weighted by atomic mass is 9.46. The van der Waals surface area contributed by atoms with E-state index >= 15 is 0 Å². The molecule has 0 radical (unpaired) electrons. The Balaban J connectivity index is 1.58. The number of hydrogen-bond donors (Lipinski definition) is 1. The van der Waals surface area contributed by atoms with E-state index in [1.807, 2.05) is 0 Å². The van der Waals surface area contributed by atoms with Gasteiger partial charge in [-0.2, -0.15) is 0 Å². The molecule has 0 heterocycles. The first kappa shape index (κ1) is 22.1. The fourth-order valence-corrected chi connectivity index (χ4v) is 9.04. The quantitative estimate of drug-likeness (QED) is 0.388. The lowest BCUT2D eigenvalue weighted by Crippen LogP contribution is -2.54. The zero-order valence-electron chi connectivity index (χ0n) is 20.3. The molecule has 29 heavy (non-hydrogen) atoms. The number of hydrogen-bond acceptors (Lipinski definition) is 2. The summed E-state index contributed by atoms with van der Waals surface area (Å²) in [5, 5.41) is 11.0. The highest BCUT2D eigenvalue weighted by Crippen LogP contribution is 2.66. The van der Waals surface area contributed by atoms with Crippen molar-refractivity contribution in [2.24, 2.45) is 34.5 Å². The van der Waals surface area contributed by atoms with Crippen LogP contribution in [0.1, 0.15) is 86.5 Å². The van der Waals surface area contributed by atoms with Gasteiger partial charge in [0.2, 0.25) is 0 Å². The molecule has 166 valence electrons. The van der Waals surface area contributed by atoms with Gasteiger partial charge in [-0.1, -0.05) is 53.2 Å². The molecule has 0 spiro atoms. The first-order valence-electron chi connectivity index (χ1n) is 12.4. The molecule has 0 aliphatic heterocycles. The van der Waals surface area contributed by atoms with E-state index in [2.05, 4.69) is 60.7 Å². The molecule has 2 nitrogen and oxygen atoms in total. The van der Waals surface area contributed by atoms with Crippen molar-refractivity contribution in [3.05, 3.63) is 11.6 Å². The average Bonchev–Trinajstić information content (AvgIpc) is 2.90. The minimum Gasteiger partial charge on any atom is -0.414 e. The van der Waals surface area contributed by atoms with E-state index in [0.717, 1.165) is 24.7 Å². The van der Waals surface area contributed by atoms with Crippen LogP contribution in [0.25, 0.3) is 0 Å². The van der Waals surface area contributed by atoms with Gasteiger partial charge in [-0.3, -0.25) is 0 Å². The van der Waals surface area contributed by atoms with Crippen LogP contribution >= 0.6 is 0 Å². The highest BCUT2D eigenvalue weighted by molar-refractivity contribution is 6.74. The van der Waals surface area contributed by atoms with Crippen LogP contribution in [0.2, 0.25) is 18.1 Å². The zero-order valence-corrected chi connectivity index (χ0v) is 21.3. The molecule has 3 heteroatoms. The summed E-state index contributed by atoms with van der Waals surface area (Å²) in [7, 11) is -1.71. The van der Waals surface area contributed by atoms with Crippen LogP contribution in [0.3, 0.4) is 0 Å². The lowest BCUT2D eigenvalue weighted by Gasteiger charge is -2.59. The third-order valence-corrected chi connectivity index (χ3v) is 15.1. The first-order valence-corrected chi connectivity index (χ1v) is 15.3. The molecule has 0 aromatic rings. The van der Waals surface area contributed by atoms with Gasteiger partial charge in [0, 0.05) is 6.10 Å². The summed E-state index contributed by atoms with van der Waals surface area (Å²) in [6, 6.07) is 0. The SMILES string of the molecule is C[C@@H]1C=C2CC(O[Si](C)(C)C(C)(C)C)CC[C@]2(C)[C@H]2CC[C@]3(C)C(O)CC[C@H]3[C@H]12. The Kier molecular flexibility index (Phi) is 5.28. The maximum Gasteiger partial charge on any atom is 0.192 e. The van der Waals surface area contributed by atoms with Gasteiger partial charge in [0.15, 0.2) is 8.32 Å². The third kappa shape index (κ3) is 3.33. The maximum atomic E-state index is 10.7. The molecular formula is C26H46O2Si. The predicted molar refractivity (Wildman–Crippen MR) is 124 cm³/mol. The molecule has 1 N–H and O–H groups in total. The third-order valence-electron chi connectivity index (χ3n) is 10.6. The van der Waals surface area contributed by atoms with Gasteiger partial charge in [-0.05, 0) is 97.6 Å². The highest BCUT2D eigenvalue weighted by Gasteiger charge is 2.60. The summed E-state index contributed by atoms with van der Waals surface area (Å²) in [6.07, 6.45) is 11.5. The molecule has 4 rings (SSSR count). The Morgan fingerprint density at radius 2 is 1.72 bits per heavy atom. The van der Waals surface area contributed by atoms with Crippen molar-refractivity contribution >= 4 is 8.32 Å². The van der Waals surface area contributed by atoms with Crippen molar-refractivity contribution < 1.29 is 9.53 Å². The van der Waals surface area contributed by atoms with E-state index in [1.165, 1.54) is 32.1 Å². The van der Waals surface area contributed by atoms with Crippen molar-refractivity contribution in [3.8, 4) is 0 Å². The Bertz CT molecular complexity index is 677. The van der Waals surface area contributed by atoms with Gasteiger partial charge in [-0.25, -0.2) is 0 Å². The van der Waals surface area contributed by atoms with E-state index in [9.17, 15) is 5.11 Å². The van der Waals surface area contributed by atoms with Gasteiger partial charge in [0.25, 0.3) is 0 Å². The molecule has 0 aromatic carbocycles. The topological polar surface area (TPSA) is 29.5 Å². The molecule has 8 atom stereocenters. The Hall–Kier alpha value is -0.123. The van der Waals surface area contributed by atoms with Crippen molar-refractivity contribution in [1.82, 2.24) is 0 Å². The fourth-order valence-electron chi connectivity index (χ4n) is 7.65. The second-order valence-corrected chi connectivity index (χ2v) is 17.9. The van der Waals surface area contributed by atoms with Gasteiger partial charge >= 0.3 is 0 Å². The van der Waals surface area contributed by atoms with Crippen LogP contribution in [0.4, 0.5) is 0 Å². The largest absolute Gasteiger partial charge is 0.414 e. The monoisotopic (exact) mass is 418 g/mol. The van der Waals surface area contributed by atoms with E-state index < -0.39 is 8.32 Å². The van der Waals surface area contributed by atoms with Gasteiger partial charge in [0.05, 0.1) is 6.10 Å². The zero-order chi connectivity index (χ0) is 21.4. The molecule has 0 aromatic heterocycles. The lowest BCUT2D eigenvalue weighted by molar-refractivity contribution is -0.0842. The summed E-state index contributed by atoms with van der Waals surface area (Å²) >= 11 is 0. The molecule has 2 unspecified atom stereocenters. The van der Waals surface area contributed by atoms with E-state index in [4.69, 9.17) is 4.43 Å². The number of rotatable bonds is 2. The second kappa shape index (κ2) is 6.94. The van der Waals surface area contributed by atoms with E-state index in [1.54, 1.807) is 5.57 Å². The molecule has 4 aliphatic carbocycles. The van der Waals surface area contributed by atoms with Crippen molar-refractivity contribution in [1.29, 1.82) is 0 Å². The predicted octanol–water partition coefficient (Wildman–Crippen LogP) is 6.95. The Morgan fingerprint density at radius 3 is 2.38 bits per heavy atom. The minimum absolute atomic E-state index is 0.0763. The number of aliphatic hydroxyl groups excluding tert-OH is 1. The average molecular weight is 419 g/mol. The standard InChI is InChI=1S/C26H46O2Si/c1-17-15-18-16-19(28-29(7,8)24(2,3)4)11-13-25(18,5)21-12-14-26(6)20(23(17)21)9-10-22(26)27/h15,17,19-23,27H,9-14,16H2,1-8H3/t17-,19?,20+,21+,22?,23+,25+,26+/m1/s1. The Morgan fingerprint density at radius 1 is 1.03 bits per heavy atom. The Labute approximate surface area is 181 Å². The normalized spacial score (nSPS) is 47.8. The van der Waals surface area contributed by atoms with Gasteiger partial charge in [-0.15, -0.1) is 0 Å². The second-order valence-electron chi connectivity index (χ2n) is 13.1. The molecular weight excluding hydrogens is 372 g/mol. The smallest absolute Gasteiger partial charge is 0.192 e. The molecule has 3 fully saturated rings. The molecule has 4 aliphatic rings. The van der Waals surface area contributed by atoms with Crippen LogP contribution in [0.15, 0.2) is 11.6 Å².